The van der Waals surface area contributed by atoms with Crippen molar-refractivity contribution >= 4 is 5.78 Å². The highest BCUT2D eigenvalue weighted by molar-refractivity contribution is 5.85. The lowest BCUT2D eigenvalue weighted by Crippen LogP contribution is -2.07. The lowest BCUT2D eigenvalue weighted by molar-refractivity contribution is -0.119. The third kappa shape index (κ3) is 2.41. The fraction of sp³-hybridized carbons (Fsp3) is 0.417. The molecule has 0 saturated carbocycles. The zero-order valence-electron chi connectivity index (χ0n) is 8.50. The number of carbonyl (C=O) groups is 1. The Hall–Kier alpha value is -1.11. The first kappa shape index (κ1) is 9.97. The molecule has 1 nitrogen and oxygen atoms in total. The minimum Gasteiger partial charge on any atom is -0.299 e. The molecule has 0 saturated heterocycles. The van der Waals surface area contributed by atoms with Crippen LogP contribution in [-0.4, -0.2) is 5.78 Å². The van der Waals surface area contributed by atoms with Gasteiger partial charge in [-0.1, -0.05) is 43.7 Å². The van der Waals surface area contributed by atoms with Gasteiger partial charge >= 0.3 is 0 Å². The zero-order valence-corrected chi connectivity index (χ0v) is 8.50. The molecule has 0 spiro atoms. The van der Waals surface area contributed by atoms with Gasteiger partial charge in [0.05, 0.1) is 0 Å². The lowest BCUT2D eigenvalue weighted by atomic mass is 9.94. The SMILES string of the molecule is CCC(=O)C(C)c1cccc(C)c1. The predicted molar refractivity (Wildman–Crippen MR) is 54.9 cm³/mol. The van der Waals surface area contributed by atoms with Crippen LogP contribution in [0.4, 0.5) is 0 Å². The molecule has 0 bridgehead atoms. The van der Waals surface area contributed by atoms with Crippen LogP contribution in [0.2, 0.25) is 0 Å². The molecule has 0 amide bonds. The second kappa shape index (κ2) is 4.22. The van der Waals surface area contributed by atoms with E-state index in [1.54, 1.807) is 0 Å². The summed E-state index contributed by atoms with van der Waals surface area (Å²) in [6.45, 7) is 5.93. The van der Waals surface area contributed by atoms with E-state index in [1.807, 2.05) is 39.0 Å². The number of carbonyl (C=O) groups excluding carboxylic acids is 1. The molecule has 70 valence electrons. The Bertz CT molecular complexity index is 302. The lowest BCUT2D eigenvalue weighted by Gasteiger charge is -2.09. The normalized spacial score (nSPS) is 12.5. The predicted octanol–water partition coefficient (Wildman–Crippen LogP) is 3.08. The maximum atomic E-state index is 11.4. The number of aryl methyl sites for hydroxylation is 1. The van der Waals surface area contributed by atoms with E-state index in [0.717, 1.165) is 5.56 Å². The van der Waals surface area contributed by atoms with Gasteiger partial charge in [-0.25, -0.2) is 0 Å². The average molecular weight is 176 g/mol. The number of hydrogen-bond acceptors (Lipinski definition) is 1. The van der Waals surface area contributed by atoms with Gasteiger partial charge in [-0.2, -0.15) is 0 Å². The molecule has 1 rings (SSSR count). The number of Topliss-reactive ketones (excluding diaryl/α,β-unsaturated/α-hetero) is 1. The van der Waals surface area contributed by atoms with E-state index in [2.05, 4.69) is 6.07 Å². The summed E-state index contributed by atoms with van der Waals surface area (Å²) in [6, 6.07) is 8.15. The maximum absolute atomic E-state index is 11.4. The van der Waals surface area contributed by atoms with Crippen LogP contribution < -0.4 is 0 Å². The number of ketones is 1. The summed E-state index contributed by atoms with van der Waals surface area (Å²) in [5, 5.41) is 0. The van der Waals surface area contributed by atoms with Gasteiger partial charge in [-0.15, -0.1) is 0 Å². The first-order valence-corrected chi connectivity index (χ1v) is 4.74. The quantitative estimate of drug-likeness (QED) is 0.691. The number of rotatable bonds is 3. The van der Waals surface area contributed by atoms with Crippen molar-refractivity contribution in [2.45, 2.75) is 33.1 Å². The van der Waals surface area contributed by atoms with Gasteiger partial charge in [0.25, 0.3) is 0 Å². The Morgan fingerprint density at radius 2 is 2.15 bits per heavy atom. The molecule has 0 aliphatic carbocycles. The smallest absolute Gasteiger partial charge is 0.139 e. The van der Waals surface area contributed by atoms with Crippen LogP contribution in [0.5, 0.6) is 0 Å². The molecule has 0 fully saturated rings. The van der Waals surface area contributed by atoms with E-state index in [0.29, 0.717) is 12.2 Å². The first-order valence-electron chi connectivity index (χ1n) is 4.74. The van der Waals surface area contributed by atoms with Gasteiger partial charge < -0.3 is 0 Å². The minimum absolute atomic E-state index is 0.0462. The fourth-order valence-electron chi connectivity index (χ4n) is 1.43. The van der Waals surface area contributed by atoms with Gasteiger partial charge in [0.1, 0.15) is 5.78 Å². The van der Waals surface area contributed by atoms with Crippen molar-refractivity contribution in [3.05, 3.63) is 35.4 Å². The molecule has 1 heteroatoms. The van der Waals surface area contributed by atoms with Crippen molar-refractivity contribution in [1.82, 2.24) is 0 Å². The number of hydrogen-bond donors (Lipinski definition) is 0. The first-order chi connectivity index (χ1) is 6.15. The Kier molecular flexibility index (Phi) is 3.24. The van der Waals surface area contributed by atoms with Crippen LogP contribution >= 0.6 is 0 Å². The molecular formula is C12H16O. The van der Waals surface area contributed by atoms with E-state index in [-0.39, 0.29) is 5.92 Å². The molecule has 13 heavy (non-hydrogen) atoms. The molecule has 0 N–H and O–H groups in total. The summed E-state index contributed by atoms with van der Waals surface area (Å²) >= 11 is 0. The highest BCUT2D eigenvalue weighted by atomic mass is 16.1. The molecular weight excluding hydrogens is 160 g/mol. The Labute approximate surface area is 79.8 Å². The third-order valence-electron chi connectivity index (χ3n) is 2.37. The van der Waals surface area contributed by atoms with Crippen molar-refractivity contribution in [1.29, 1.82) is 0 Å². The van der Waals surface area contributed by atoms with Crippen molar-refractivity contribution in [2.24, 2.45) is 0 Å². The Morgan fingerprint density at radius 1 is 1.46 bits per heavy atom. The Balaban J connectivity index is 2.88. The second-order valence-corrected chi connectivity index (χ2v) is 3.46. The van der Waals surface area contributed by atoms with E-state index >= 15 is 0 Å². The van der Waals surface area contributed by atoms with Gasteiger partial charge in [0.2, 0.25) is 0 Å². The standard InChI is InChI=1S/C12H16O/c1-4-12(13)10(3)11-7-5-6-9(2)8-11/h5-8,10H,4H2,1-3H3. The van der Waals surface area contributed by atoms with Crippen molar-refractivity contribution in [3.63, 3.8) is 0 Å². The van der Waals surface area contributed by atoms with Crippen molar-refractivity contribution in [3.8, 4) is 0 Å². The molecule has 1 atom stereocenters. The average Bonchev–Trinajstić information content (AvgIpc) is 2.15. The van der Waals surface area contributed by atoms with Crippen LogP contribution in [0.3, 0.4) is 0 Å². The van der Waals surface area contributed by atoms with Crippen LogP contribution in [0.1, 0.15) is 37.3 Å². The summed E-state index contributed by atoms with van der Waals surface area (Å²) in [5.41, 5.74) is 2.35. The molecule has 1 unspecified atom stereocenters. The summed E-state index contributed by atoms with van der Waals surface area (Å²) in [7, 11) is 0. The van der Waals surface area contributed by atoms with Crippen molar-refractivity contribution in [2.75, 3.05) is 0 Å². The molecule has 0 radical (unpaired) electrons. The topological polar surface area (TPSA) is 17.1 Å². The highest BCUT2D eigenvalue weighted by Crippen LogP contribution is 2.18. The van der Waals surface area contributed by atoms with E-state index in [9.17, 15) is 4.79 Å². The molecule has 1 aromatic carbocycles. The maximum Gasteiger partial charge on any atom is 0.139 e. The molecule has 1 aromatic rings. The van der Waals surface area contributed by atoms with Crippen LogP contribution in [0.25, 0.3) is 0 Å². The zero-order chi connectivity index (χ0) is 9.84. The summed E-state index contributed by atoms with van der Waals surface area (Å²) in [4.78, 5) is 11.4. The van der Waals surface area contributed by atoms with Crippen molar-refractivity contribution < 1.29 is 4.79 Å². The molecule has 0 heterocycles. The monoisotopic (exact) mass is 176 g/mol. The van der Waals surface area contributed by atoms with Crippen LogP contribution in [0, 0.1) is 6.92 Å². The summed E-state index contributed by atoms with van der Waals surface area (Å²) in [6.07, 6.45) is 0.620. The molecule has 0 aromatic heterocycles. The third-order valence-corrected chi connectivity index (χ3v) is 2.37. The van der Waals surface area contributed by atoms with Gasteiger partial charge in [0, 0.05) is 12.3 Å². The Morgan fingerprint density at radius 3 is 2.69 bits per heavy atom. The largest absolute Gasteiger partial charge is 0.299 e. The molecule has 0 aliphatic heterocycles. The minimum atomic E-state index is 0.0462. The number of benzene rings is 1. The van der Waals surface area contributed by atoms with Crippen LogP contribution in [-0.2, 0) is 4.79 Å². The van der Waals surface area contributed by atoms with E-state index < -0.39 is 0 Å². The summed E-state index contributed by atoms with van der Waals surface area (Å²) in [5.74, 6) is 0.357. The second-order valence-electron chi connectivity index (χ2n) is 3.46. The van der Waals surface area contributed by atoms with Gasteiger partial charge in [0.15, 0.2) is 0 Å². The molecule has 0 aliphatic rings. The fourth-order valence-corrected chi connectivity index (χ4v) is 1.43. The van der Waals surface area contributed by atoms with E-state index in [1.165, 1.54) is 5.56 Å². The highest BCUT2D eigenvalue weighted by Gasteiger charge is 2.12. The van der Waals surface area contributed by atoms with E-state index in [4.69, 9.17) is 0 Å². The summed E-state index contributed by atoms with van der Waals surface area (Å²) < 4.78 is 0. The van der Waals surface area contributed by atoms with Crippen LogP contribution in [0.15, 0.2) is 24.3 Å². The van der Waals surface area contributed by atoms with Gasteiger partial charge in [-0.3, -0.25) is 4.79 Å². The van der Waals surface area contributed by atoms with Gasteiger partial charge in [-0.05, 0) is 12.5 Å².